The number of aromatic nitrogens is 5. The summed E-state index contributed by atoms with van der Waals surface area (Å²) in [6.07, 6.45) is 0. The molecule has 10 heteroatoms. The highest BCUT2D eigenvalue weighted by atomic mass is 16.5. The number of hydrogen-bond donors (Lipinski definition) is 3. The molecular weight excluding hydrogens is 390 g/mol. The number of fused-ring (bicyclic) bond motifs is 1. The molecule has 0 saturated carbocycles. The molecule has 10 nitrogen and oxygen atoms in total. The molecule has 0 bridgehead atoms. The van der Waals surface area contributed by atoms with Gasteiger partial charge in [0.1, 0.15) is 22.9 Å². The van der Waals surface area contributed by atoms with Crippen molar-refractivity contribution in [3.8, 4) is 34.0 Å². The Bertz CT molecular complexity index is 1310. The Morgan fingerprint density at radius 3 is 2.60 bits per heavy atom. The number of hydrogen-bond acceptors (Lipinski definition) is 7. The highest BCUT2D eigenvalue weighted by molar-refractivity contribution is 5.93. The molecular formula is C20H17N5O5. The van der Waals surface area contributed by atoms with Crippen LogP contribution in [-0.2, 0) is 0 Å². The SMILES string of the molecule is CCOc1cc(-c2ccc(OC)c(C(=O)O)c2)ccc1-c1nc2n[nH]nc2c(=O)[nH]1. The summed E-state index contributed by atoms with van der Waals surface area (Å²) in [5, 5.41) is 19.5. The van der Waals surface area contributed by atoms with Crippen molar-refractivity contribution in [2.75, 3.05) is 13.7 Å². The number of carboxylic acids is 1. The average molecular weight is 407 g/mol. The number of ether oxygens (including phenoxy) is 2. The van der Waals surface area contributed by atoms with E-state index >= 15 is 0 Å². The van der Waals surface area contributed by atoms with E-state index in [1.165, 1.54) is 13.2 Å². The summed E-state index contributed by atoms with van der Waals surface area (Å²) in [4.78, 5) is 30.8. The summed E-state index contributed by atoms with van der Waals surface area (Å²) in [5.74, 6) is -0.0420. The molecule has 152 valence electrons. The standard InChI is InChI=1S/C20H17N5O5/c1-3-30-15-9-11(10-5-7-14(29-2)13(8-10)20(27)28)4-6-12(15)17-21-18-16(19(26)22-17)23-25-24-18/h4-9H,3H2,1-2H3,(H,27,28)(H2,21,22,23,24,25,26). The van der Waals surface area contributed by atoms with E-state index in [1.54, 1.807) is 30.3 Å². The summed E-state index contributed by atoms with van der Waals surface area (Å²) >= 11 is 0. The van der Waals surface area contributed by atoms with Gasteiger partial charge in [0.2, 0.25) is 5.65 Å². The number of carbonyl (C=O) groups is 1. The van der Waals surface area contributed by atoms with Gasteiger partial charge in [-0.25, -0.2) is 9.78 Å². The highest BCUT2D eigenvalue weighted by Crippen LogP contribution is 2.34. The van der Waals surface area contributed by atoms with Crippen LogP contribution in [0, 0.1) is 0 Å². The van der Waals surface area contributed by atoms with Crippen LogP contribution in [0.3, 0.4) is 0 Å². The van der Waals surface area contributed by atoms with E-state index in [4.69, 9.17) is 9.47 Å². The summed E-state index contributed by atoms with van der Waals surface area (Å²) in [6.45, 7) is 2.22. The maximum atomic E-state index is 12.2. The van der Waals surface area contributed by atoms with E-state index in [2.05, 4.69) is 25.4 Å². The molecule has 0 atom stereocenters. The van der Waals surface area contributed by atoms with Crippen LogP contribution in [0.1, 0.15) is 17.3 Å². The van der Waals surface area contributed by atoms with Gasteiger partial charge in [0.25, 0.3) is 5.56 Å². The van der Waals surface area contributed by atoms with Gasteiger partial charge in [0.15, 0.2) is 5.52 Å². The molecule has 4 rings (SSSR count). The minimum Gasteiger partial charge on any atom is -0.496 e. The monoisotopic (exact) mass is 407 g/mol. The number of aromatic amines is 2. The van der Waals surface area contributed by atoms with E-state index in [0.29, 0.717) is 23.5 Å². The first kappa shape index (κ1) is 19.1. The maximum Gasteiger partial charge on any atom is 0.339 e. The smallest absolute Gasteiger partial charge is 0.339 e. The zero-order valence-corrected chi connectivity index (χ0v) is 16.1. The summed E-state index contributed by atoms with van der Waals surface area (Å²) < 4.78 is 10.9. The molecule has 0 spiro atoms. The highest BCUT2D eigenvalue weighted by Gasteiger charge is 2.16. The summed E-state index contributed by atoms with van der Waals surface area (Å²) in [7, 11) is 1.42. The normalized spacial score (nSPS) is 10.9. The second kappa shape index (κ2) is 7.66. The minimum absolute atomic E-state index is 0.0551. The number of rotatable bonds is 6. The zero-order chi connectivity index (χ0) is 21.3. The molecule has 0 amide bonds. The first-order chi connectivity index (χ1) is 14.5. The van der Waals surface area contributed by atoms with Crippen molar-refractivity contribution >= 4 is 17.1 Å². The van der Waals surface area contributed by atoms with Crippen molar-refractivity contribution in [1.82, 2.24) is 25.4 Å². The predicted molar refractivity (Wildman–Crippen MR) is 108 cm³/mol. The molecule has 0 aliphatic rings. The van der Waals surface area contributed by atoms with Crippen molar-refractivity contribution in [2.24, 2.45) is 0 Å². The molecule has 2 heterocycles. The van der Waals surface area contributed by atoms with E-state index in [1.807, 2.05) is 6.92 Å². The van der Waals surface area contributed by atoms with Gasteiger partial charge < -0.3 is 19.6 Å². The van der Waals surface area contributed by atoms with Crippen molar-refractivity contribution in [2.45, 2.75) is 6.92 Å². The third kappa shape index (κ3) is 3.34. The lowest BCUT2D eigenvalue weighted by Crippen LogP contribution is -2.10. The molecule has 0 saturated heterocycles. The van der Waals surface area contributed by atoms with Crippen molar-refractivity contribution in [1.29, 1.82) is 0 Å². The molecule has 2 aromatic heterocycles. The van der Waals surface area contributed by atoms with E-state index in [0.717, 1.165) is 5.56 Å². The van der Waals surface area contributed by atoms with Crippen molar-refractivity contribution in [3.05, 3.63) is 52.3 Å². The number of H-pyrrole nitrogens is 2. The van der Waals surface area contributed by atoms with E-state index in [9.17, 15) is 14.7 Å². The fraction of sp³-hybridized carbons (Fsp3) is 0.150. The summed E-state index contributed by atoms with van der Waals surface area (Å²) in [5.41, 5.74) is 1.92. The van der Waals surface area contributed by atoms with Crippen LogP contribution < -0.4 is 15.0 Å². The van der Waals surface area contributed by atoms with E-state index < -0.39 is 11.5 Å². The van der Waals surface area contributed by atoms with Crippen LogP contribution >= 0.6 is 0 Å². The molecule has 0 aliphatic heterocycles. The molecule has 0 radical (unpaired) electrons. The fourth-order valence-electron chi connectivity index (χ4n) is 3.11. The largest absolute Gasteiger partial charge is 0.496 e. The molecule has 0 fully saturated rings. The fourth-order valence-corrected chi connectivity index (χ4v) is 3.11. The van der Waals surface area contributed by atoms with Gasteiger partial charge in [-0.2, -0.15) is 5.21 Å². The third-order valence-corrected chi connectivity index (χ3v) is 4.49. The Labute approximate surface area is 169 Å². The topological polar surface area (TPSA) is 143 Å². The van der Waals surface area contributed by atoms with Gasteiger partial charge in [-0.1, -0.05) is 12.1 Å². The van der Waals surface area contributed by atoms with Crippen LogP contribution in [0.15, 0.2) is 41.2 Å². The lowest BCUT2D eigenvalue weighted by atomic mass is 10.00. The maximum absolute atomic E-state index is 12.2. The lowest BCUT2D eigenvalue weighted by molar-refractivity contribution is 0.0693. The molecule has 0 aliphatic carbocycles. The van der Waals surface area contributed by atoms with Gasteiger partial charge in [-0.15, -0.1) is 10.2 Å². The van der Waals surface area contributed by atoms with Gasteiger partial charge in [0.05, 0.1) is 19.3 Å². The van der Waals surface area contributed by atoms with Gasteiger partial charge in [0, 0.05) is 0 Å². The number of methoxy groups -OCH3 is 1. The molecule has 0 unspecified atom stereocenters. The molecule has 2 aromatic carbocycles. The predicted octanol–water partition coefficient (Wildman–Crippen LogP) is 2.48. The first-order valence-electron chi connectivity index (χ1n) is 9.01. The van der Waals surface area contributed by atoms with Gasteiger partial charge >= 0.3 is 5.97 Å². The summed E-state index contributed by atoms with van der Waals surface area (Å²) in [6, 6.07) is 10.2. The van der Waals surface area contributed by atoms with Crippen LogP contribution in [0.5, 0.6) is 11.5 Å². The Balaban J connectivity index is 1.83. The van der Waals surface area contributed by atoms with E-state index in [-0.39, 0.29) is 28.3 Å². The van der Waals surface area contributed by atoms with Crippen LogP contribution in [0.4, 0.5) is 0 Å². The number of nitrogens with one attached hydrogen (secondary N) is 2. The Morgan fingerprint density at radius 1 is 1.10 bits per heavy atom. The van der Waals surface area contributed by atoms with Crippen LogP contribution in [-0.4, -0.2) is 50.2 Å². The second-order valence-corrected chi connectivity index (χ2v) is 6.27. The average Bonchev–Trinajstić information content (AvgIpc) is 3.23. The lowest BCUT2D eigenvalue weighted by Gasteiger charge is -2.13. The zero-order valence-electron chi connectivity index (χ0n) is 16.1. The number of aromatic carboxylic acids is 1. The number of carboxylic acid groups (broad SMARTS) is 1. The minimum atomic E-state index is -1.09. The number of benzene rings is 2. The van der Waals surface area contributed by atoms with Crippen molar-refractivity contribution in [3.63, 3.8) is 0 Å². The van der Waals surface area contributed by atoms with Gasteiger partial charge in [-0.05, 0) is 42.3 Å². The first-order valence-corrected chi connectivity index (χ1v) is 9.01. The molecule has 3 N–H and O–H groups in total. The van der Waals surface area contributed by atoms with Crippen LogP contribution in [0.2, 0.25) is 0 Å². The van der Waals surface area contributed by atoms with Crippen LogP contribution in [0.25, 0.3) is 33.7 Å². The molecule has 30 heavy (non-hydrogen) atoms. The second-order valence-electron chi connectivity index (χ2n) is 6.27. The third-order valence-electron chi connectivity index (χ3n) is 4.49. The Hall–Kier alpha value is -4.21. The Kier molecular flexibility index (Phi) is 4.88. The van der Waals surface area contributed by atoms with Gasteiger partial charge in [-0.3, -0.25) is 4.79 Å². The quantitative estimate of drug-likeness (QED) is 0.442. The number of nitrogens with zero attached hydrogens (tertiary/aromatic N) is 3. The van der Waals surface area contributed by atoms with Crippen molar-refractivity contribution < 1.29 is 19.4 Å². The Morgan fingerprint density at radius 2 is 1.87 bits per heavy atom. The molecule has 4 aromatic rings.